The summed E-state index contributed by atoms with van der Waals surface area (Å²) in [5.74, 6) is -0.488. The summed E-state index contributed by atoms with van der Waals surface area (Å²) in [4.78, 5) is 22.3. The van der Waals surface area contributed by atoms with Crippen molar-refractivity contribution in [3.05, 3.63) is 57.4 Å². The lowest BCUT2D eigenvalue weighted by Crippen LogP contribution is -2.42. The largest absolute Gasteiger partial charge is 0.394 e. The third-order valence-corrected chi connectivity index (χ3v) is 3.57. The molecule has 3 N–H and O–H groups in total. The molecule has 0 saturated carbocycles. The first-order valence-electron chi connectivity index (χ1n) is 7.18. The van der Waals surface area contributed by atoms with Crippen molar-refractivity contribution in [1.29, 1.82) is 0 Å². The van der Waals surface area contributed by atoms with Crippen molar-refractivity contribution in [3.63, 3.8) is 0 Å². The quantitative estimate of drug-likeness (QED) is 0.520. The molecule has 1 aromatic heterocycles. The Kier molecular flexibility index (Phi) is 5.27. The fraction of sp³-hybridized carbons (Fsp3) is 0.333. The van der Waals surface area contributed by atoms with Crippen molar-refractivity contribution in [3.8, 4) is 0 Å². The van der Waals surface area contributed by atoms with E-state index >= 15 is 0 Å². The second-order valence-corrected chi connectivity index (χ2v) is 5.35. The summed E-state index contributed by atoms with van der Waals surface area (Å²) in [6.45, 7) is 1.24. The Hall–Kier alpha value is -2.78. The van der Waals surface area contributed by atoms with E-state index < -0.39 is 29.6 Å². The number of hydrogen-bond donors (Lipinski definition) is 3. The van der Waals surface area contributed by atoms with Crippen molar-refractivity contribution < 1.29 is 19.9 Å². The second kappa shape index (κ2) is 7.20. The van der Waals surface area contributed by atoms with E-state index in [1.807, 2.05) is 0 Å². The van der Waals surface area contributed by atoms with E-state index in [4.69, 9.17) is 0 Å². The van der Waals surface area contributed by atoms with Gasteiger partial charge in [-0.15, -0.1) is 0 Å². The van der Waals surface area contributed by atoms with Crippen LogP contribution in [0, 0.1) is 17.0 Å². The zero-order chi connectivity index (χ0) is 17.9. The molecule has 0 bridgehead atoms. The number of nitro groups is 1. The highest BCUT2D eigenvalue weighted by atomic mass is 16.6. The maximum absolute atomic E-state index is 12.2. The van der Waals surface area contributed by atoms with E-state index in [9.17, 15) is 25.1 Å². The van der Waals surface area contributed by atoms with Gasteiger partial charge < -0.3 is 15.5 Å². The Balaban J connectivity index is 2.13. The first kappa shape index (κ1) is 17.6. The van der Waals surface area contributed by atoms with Crippen LogP contribution in [0.25, 0.3) is 0 Å². The van der Waals surface area contributed by atoms with E-state index in [-0.39, 0.29) is 5.69 Å². The standard InChI is InChI=1S/C15H18N4O5/c1-9-7-13(18(2)17-9)15(22)16-12(8-20)14(21)10-3-5-11(6-4-10)19(23)24/h3-7,12,14,20-21H,8H2,1-2H3,(H,16,22). The first-order chi connectivity index (χ1) is 11.3. The fourth-order valence-corrected chi connectivity index (χ4v) is 2.32. The van der Waals surface area contributed by atoms with Crippen LogP contribution in [-0.4, -0.2) is 43.5 Å². The number of aliphatic hydroxyl groups excluding tert-OH is 2. The van der Waals surface area contributed by atoms with Gasteiger partial charge in [0.05, 0.1) is 23.3 Å². The van der Waals surface area contributed by atoms with Gasteiger partial charge in [0, 0.05) is 19.2 Å². The highest BCUT2D eigenvalue weighted by molar-refractivity contribution is 5.92. The molecule has 0 aliphatic rings. The molecule has 2 aromatic rings. The lowest BCUT2D eigenvalue weighted by Gasteiger charge is -2.22. The monoisotopic (exact) mass is 334 g/mol. The number of non-ortho nitro benzene ring substituents is 1. The van der Waals surface area contributed by atoms with Gasteiger partial charge in [-0.05, 0) is 30.7 Å². The average Bonchev–Trinajstić information content (AvgIpc) is 2.90. The van der Waals surface area contributed by atoms with Gasteiger partial charge in [0.25, 0.3) is 11.6 Å². The average molecular weight is 334 g/mol. The third-order valence-electron chi connectivity index (χ3n) is 3.57. The summed E-state index contributed by atoms with van der Waals surface area (Å²) < 4.78 is 1.40. The van der Waals surface area contributed by atoms with Gasteiger partial charge >= 0.3 is 0 Å². The Morgan fingerprint density at radius 2 is 2.04 bits per heavy atom. The minimum absolute atomic E-state index is 0.110. The van der Waals surface area contributed by atoms with E-state index in [2.05, 4.69) is 10.4 Å². The van der Waals surface area contributed by atoms with Crippen LogP contribution < -0.4 is 5.32 Å². The molecule has 2 rings (SSSR count). The number of aryl methyl sites for hydroxylation is 2. The van der Waals surface area contributed by atoms with E-state index in [0.29, 0.717) is 17.0 Å². The van der Waals surface area contributed by atoms with Crippen LogP contribution in [0.1, 0.15) is 27.8 Å². The summed E-state index contributed by atoms with van der Waals surface area (Å²) in [6, 6.07) is 5.88. The molecule has 24 heavy (non-hydrogen) atoms. The molecular weight excluding hydrogens is 316 g/mol. The molecule has 2 atom stereocenters. The molecule has 0 saturated heterocycles. The molecule has 0 aliphatic heterocycles. The minimum atomic E-state index is -1.21. The smallest absolute Gasteiger partial charge is 0.269 e. The number of nitrogens with zero attached hydrogens (tertiary/aromatic N) is 3. The van der Waals surface area contributed by atoms with Crippen LogP contribution in [0.2, 0.25) is 0 Å². The number of carbonyl (C=O) groups is 1. The van der Waals surface area contributed by atoms with Gasteiger partial charge in [0.1, 0.15) is 11.8 Å². The number of nitro benzene ring substituents is 1. The van der Waals surface area contributed by atoms with Crippen molar-refractivity contribution in [2.75, 3.05) is 6.61 Å². The number of aliphatic hydroxyl groups is 2. The minimum Gasteiger partial charge on any atom is -0.394 e. The third kappa shape index (κ3) is 3.76. The normalized spacial score (nSPS) is 13.3. The van der Waals surface area contributed by atoms with Crippen LogP contribution >= 0.6 is 0 Å². The predicted molar refractivity (Wildman–Crippen MR) is 84.3 cm³/mol. The Labute approximate surface area is 137 Å². The molecule has 0 aliphatic carbocycles. The summed E-state index contributed by atoms with van der Waals surface area (Å²) in [5.41, 5.74) is 1.20. The number of amides is 1. The molecule has 1 heterocycles. The van der Waals surface area contributed by atoms with E-state index in [1.54, 1.807) is 20.0 Å². The van der Waals surface area contributed by atoms with Crippen LogP contribution in [0.3, 0.4) is 0 Å². The van der Waals surface area contributed by atoms with Gasteiger partial charge in [-0.1, -0.05) is 0 Å². The van der Waals surface area contributed by atoms with Crippen LogP contribution in [-0.2, 0) is 7.05 Å². The molecule has 0 spiro atoms. The molecule has 1 amide bonds. The number of rotatable bonds is 6. The van der Waals surface area contributed by atoms with Crippen molar-refractivity contribution in [2.24, 2.45) is 7.05 Å². The second-order valence-electron chi connectivity index (χ2n) is 5.35. The van der Waals surface area contributed by atoms with Crippen LogP contribution in [0.4, 0.5) is 5.69 Å². The summed E-state index contributed by atoms with van der Waals surface area (Å²) in [6.07, 6.45) is -1.21. The number of benzene rings is 1. The Bertz CT molecular complexity index is 741. The molecular formula is C15H18N4O5. The topological polar surface area (TPSA) is 131 Å². The highest BCUT2D eigenvalue weighted by Crippen LogP contribution is 2.20. The molecule has 9 nitrogen and oxygen atoms in total. The van der Waals surface area contributed by atoms with Crippen LogP contribution in [0.15, 0.2) is 30.3 Å². The Morgan fingerprint density at radius 3 is 2.50 bits per heavy atom. The lowest BCUT2D eigenvalue weighted by molar-refractivity contribution is -0.384. The van der Waals surface area contributed by atoms with Crippen molar-refractivity contribution in [2.45, 2.75) is 19.1 Å². The zero-order valence-corrected chi connectivity index (χ0v) is 13.2. The van der Waals surface area contributed by atoms with Gasteiger partial charge in [-0.25, -0.2) is 0 Å². The Morgan fingerprint density at radius 1 is 1.42 bits per heavy atom. The van der Waals surface area contributed by atoms with Gasteiger partial charge in [-0.2, -0.15) is 5.10 Å². The zero-order valence-electron chi connectivity index (χ0n) is 13.2. The highest BCUT2D eigenvalue weighted by Gasteiger charge is 2.24. The van der Waals surface area contributed by atoms with Crippen LogP contribution in [0.5, 0.6) is 0 Å². The molecule has 9 heteroatoms. The van der Waals surface area contributed by atoms with Crippen molar-refractivity contribution in [1.82, 2.24) is 15.1 Å². The summed E-state index contributed by atoms with van der Waals surface area (Å²) >= 11 is 0. The number of nitrogens with one attached hydrogen (secondary N) is 1. The van der Waals surface area contributed by atoms with Gasteiger partial charge in [0.15, 0.2) is 0 Å². The van der Waals surface area contributed by atoms with Gasteiger partial charge in [0.2, 0.25) is 0 Å². The maximum Gasteiger partial charge on any atom is 0.269 e. The number of aromatic nitrogens is 2. The summed E-state index contributed by atoms with van der Waals surface area (Å²) in [7, 11) is 1.61. The lowest BCUT2D eigenvalue weighted by atomic mass is 10.0. The fourth-order valence-electron chi connectivity index (χ4n) is 2.32. The molecule has 0 radical (unpaired) electrons. The maximum atomic E-state index is 12.2. The molecule has 0 fully saturated rings. The molecule has 2 unspecified atom stereocenters. The molecule has 128 valence electrons. The predicted octanol–water partition coefficient (Wildman–Crippen LogP) is 0.461. The van der Waals surface area contributed by atoms with E-state index in [0.717, 1.165) is 0 Å². The SMILES string of the molecule is Cc1cc(C(=O)NC(CO)C(O)c2ccc([N+](=O)[O-])cc2)n(C)n1. The summed E-state index contributed by atoms with van der Waals surface area (Å²) in [5, 5.41) is 37.0. The van der Waals surface area contributed by atoms with Gasteiger partial charge in [-0.3, -0.25) is 19.6 Å². The number of carbonyl (C=O) groups excluding carboxylic acids is 1. The first-order valence-corrected chi connectivity index (χ1v) is 7.18. The van der Waals surface area contributed by atoms with Crippen molar-refractivity contribution >= 4 is 11.6 Å². The number of hydrogen-bond acceptors (Lipinski definition) is 6. The molecule has 1 aromatic carbocycles. The van der Waals surface area contributed by atoms with E-state index in [1.165, 1.54) is 28.9 Å².